The van der Waals surface area contributed by atoms with Gasteiger partial charge in [-0.25, -0.2) is 0 Å². The van der Waals surface area contributed by atoms with Crippen LogP contribution in [-0.4, -0.2) is 69.6 Å². The van der Waals surface area contributed by atoms with Crippen LogP contribution in [0.4, 0.5) is 0 Å². The average molecular weight is 554 g/mol. The zero-order chi connectivity index (χ0) is 29.3. The molecule has 2 aliphatic heterocycles. The van der Waals surface area contributed by atoms with Crippen molar-refractivity contribution < 1.29 is 24.3 Å². The minimum absolute atomic E-state index is 0.0536. The van der Waals surface area contributed by atoms with Gasteiger partial charge in [-0.1, -0.05) is 63.2 Å². The number of phenols is 1. The number of likely N-dealkylation sites (tertiary alicyclic amines) is 2. The number of rotatable bonds is 6. The first-order valence-electron chi connectivity index (χ1n) is 13.9. The number of nitrogens with zero attached hydrogens (tertiary/aromatic N) is 2. The lowest BCUT2D eigenvalue weighted by atomic mass is 9.86. The van der Waals surface area contributed by atoms with Gasteiger partial charge in [0.05, 0.1) is 12.6 Å². The highest BCUT2D eigenvalue weighted by Gasteiger charge is 2.52. The largest absolute Gasteiger partial charge is 0.508 e. The summed E-state index contributed by atoms with van der Waals surface area (Å²) in [6, 6.07) is 20.5. The quantitative estimate of drug-likeness (QED) is 0.484. The molecule has 3 aromatic rings. The molecule has 2 N–H and O–H groups in total. The molecule has 3 aromatic carbocycles. The fraction of sp³-hybridized carbons (Fsp3) is 0.333. The molecule has 0 aromatic heterocycles. The summed E-state index contributed by atoms with van der Waals surface area (Å²) in [5.41, 5.74) is 2.70. The second-order valence-corrected chi connectivity index (χ2v) is 11.8. The first-order chi connectivity index (χ1) is 19.5. The van der Waals surface area contributed by atoms with Crippen LogP contribution in [0.3, 0.4) is 0 Å². The van der Waals surface area contributed by atoms with Gasteiger partial charge in [-0.05, 0) is 59.4 Å². The van der Waals surface area contributed by atoms with Gasteiger partial charge in [0.25, 0.3) is 11.8 Å². The summed E-state index contributed by atoms with van der Waals surface area (Å²) >= 11 is 0. The molecule has 8 heteroatoms. The van der Waals surface area contributed by atoms with E-state index in [1.807, 2.05) is 18.2 Å². The molecule has 0 spiro atoms. The van der Waals surface area contributed by atoms with Gasteiger partial charge in [-0.2, -0.15) is 0 Å². The Kier molecular flexibility index (Phi) is 7.67. The molecule has 2 heterocycles. The van der Waals surface area contributed by atoms with Crippen molar-refractivity contribution in [1.29, 1.82) is 0 Å². The minimum atomic E-state index is -0.945. The maximum absolute atomic E-state index is 14.0. The molecule has 2 saturated heterocycles. The Hall–Kier alpha value is -4.46. The number of carbonyl (C=O) groups excluding carboxylic acids is 4. The lowest BCUT2D eigenvalue weighted by Crippen LogP contribution is -2.53. The molecule has 8 nitrogen and oxygen atoms in total. The molecular formula is C33H35N3O5. The van der Waals surface area contributed by atoms with Crippen LogP contribution in [-0.2, 0) is 21.4 Å². The maximum Gasteiger partial charge on any atom is 0.254 e. The van der Waals surface area contributed by atoms with Gasteiger partial charge < -0.3 is 20.2 Å². The van der Waals surface area contributed by atoms with Gasteiger partial charge in [-0.15, -0.1) is 0 Å². The Morgan fingerprint density at radius 1 is 0.902 bits per heavy atom. The lowest BCUT2D eigenvalue weighted by molar-refractivity contribution is -0.138. The normalized spacial score (nSPS) is 19.1. The predicted octanol–water partition coefficient (Wildman–Crippen LogP) is 3.73. The smallest absolute Gasteiger partial charge is 0.254 e. The summed E-state index contributed by atoms with van der Waals surface area (Å²) in [7, 11) is 0. The second-order valence-electron chi connectivity index (χ2n) is 11.8. The van der Waals surface area contributed by atoms with Crippen LogP contribution in [0.2, 0.25) is 0 Å². The van der Waals surface area contributed by atoms with Crippen LogP contribution in [0, 0.1) is 0 Å². The Labute approximate surface area is 240 Å². The number of carbonyl (C=O) groups is 4. The van der Waals surface area contributed by atoms with E-state index >= 15 is 0 Å². The topological polar surface area (TPSA) is 107 Å². The van der Waals surface area contributed by atoms with E-state index in [0.29, 0.717) is 24.1 Å². The van der Waals surface area contributed by atoms with Crippen LogP contribution < -0.4 is 5.32 Å². The molecule has 2 unspecified atom stereocenters. The molecule has 0 aliphatic carbocycles. The fourth-order valence-electron chi connectivity index (χ4n) is 5.72. The number of aromatic hydroxyl groups is 1. The molecule has 212 valence electrons. The Balaban J connectivity index is 1.37. The molecule has 5 rings (SSSR count). The van der Waals surface area contributed by atoms with E-state index in [9.17, 15) is 24.3 Å². The van der Waals surface area contributed by atoms with Crippen molar-refractivity contribution in [1.82, 2.24) is 15.1 Å². The molecule has 41 heavy (non-hydrogen) atoms. The zero-order valence-corrected chi connectivity index (χ0v) is 23.5. The number of fused-ring (bicyclic) bond motifs is 1. The number of phenolic OH excluding ortho intramolecular Hbond substituents is 1. The standard InChI is InChI=1S/C33H35N3O5/c1-33(2,3)24-13-11-22(12-14-24)30(39)34-26(19-21-9-15-25(37)16-10-21)32(41)35-18-17-27-29(35)28(38)20-36(27)31(40)23-7-5-4-6-8-23/h4-16,26-27,29,37H,17-20H2,1-3H3,(H,34,39)/t26-,27?,29?/m0/s1. The van der Waals surface area contributed by atoms with Crippen molar-refractivity contribution >= 4 is 23.5 Å². The minimum Gasteiger partial charge on any atom is -0.508 e. The molecule has 3 atom stereocenters. The molecule has 0 radical (unpaired) electrons. The zero-order valence-electron chi connectivity index (χ0n) is 23.5. The highest BCUT2D eigenvalue weighted by Crippen LogP contribution is 2.32. The van der Waals surface area contributed by atoms with Crippen LogP contribution in [0.15, 0.2) is 78.9 Å². The van der Waals surface area contributed by atoms with E-state index in [-0.39, 0.29) is 41.7 Å². The van der Waals surface area contributed by atoms with Gasteiger partial charge in [0, 0.05) is 24.1 Å². The summed E-state index contributed by atoms with van der Waals surface area (Å²) in [5, 5.41) is 12.6. The molecule has 0 saturated carbocycles. The number of amides is 3. The monoisotopic (exact) mass is 553 g/mol. The van der Waals surface area contributed by atoms with E-state index in [1.54, 1.807) is 53.4 Å². The first-order valence-corrected chi connectivity index (χ1v) is 13.9. The van der Waals surface area contributed by atoms with Crippen molar-refractivity contribution in [3.05, 3.63) is 101 Å². The maximum atomic E-state index is 14.0. The van der Waals surface area contributed by atoms with Crippen LogP contribution in [0.5, 0.6) is 5.75 Å². The SMILES string of the molecule is CC(C)(C)c1ccc(C(=O)N[C@@H](Cc2ccc(O)cc2)C(=O)N2CCC3C2C(=O)CN3C(=O)c2ccccc2)cc1. The fourth-order valence-corrected chi connectivity index (χ4v) is 5.72. The Bertz CT molecular complexity index is 1440. The highest BCUT2D eigenvalue weighted by atomic mass is 16.3. The van der Waals surface area contributed by atoms with E-state index in [4.69, 9.17) is 0 Å². The van der Waals surface area contributed by atoms with Crippen molar-refractivity contribution in [2.75, 3.05) is 13.1 Å². The van der Waals surface area contributed by atoms with Gasteiger partial charge in [0.1, 0.15) is 17.8 Å². The lowest BCUT2D eigenvalue weighted by Gasteiger charge is -2.28. The summed E-state index contributed by atoms with van der Waals surface area (Å²) < 4.78 is 0. The average Bonchev–Trinajstić information content (AvgIpc) is 3.54. The number of Topliss-reactive ketones (excluding diaryl/α,β-unsaturated/α-hetero) is 1. The van der Waals surface area contributed by atoms with Gasteiger partial charge in [0.15, 0.2) is 5.78 Å². The molecule has 2 aliphatic rings. The van der Waals surface area contributed by atoms with Gasteiger partial charge in [-0.3, -0.25) is 19.2 Å². The van der Waals surface area contributed by atoms with Crippen LogP contribution >= 0.6 is 0 Å². The number of hydrogen-bond acceptors (Lipinski definition) is 5. The van der Waals surface area contributed by atoms with Crippen molar-refractivity contribution in [3.8, 4) is 5.75 Å². The number of hydrogen-bond donors (Lipinski definition) is 2. The Morgan fingerprint density at radius 2 is 1.56 bits per heavy atom. The van der Waals surface area contributed by atoms with E-state index in [1.165, 1.54) is 17.0 Å². The van der Waals surface area contributed by atoms with Crippen molar-refractivity contribution in [2.45, 2.75) is 57.2 Å². The molecule has 3 amide bonds. The van der Waals surface area contributed by atoms with Crippen molar-refractivity contribution in [2.24, 2.45) is 0 Å². The summed E-state index contributed by atoms with van der Waals surface area (Å²) in [6.45, 7) is 6.53. The molecule has 0 bridgehead atoms. The van der Waals surface area contributed by atoms with Gasteiger partial charge in [0.2, 0.25) is 5.91 Å². The van der Waals surface area contributed by atoms with Crippen LogP contribution in [0.1, 0.15) is 59.0 Å². The van der Waals surface area contributed by atoms with Crippen molar-refractivity contribution in [3.63, 3.8) is 0 Å². The third-order valence-electron chi connectivity index (χ3n) is 7.98. The third-order valence-corrected chi connectivity index (χ3v) is 7.98. The van der Waals surface area contributed by atoms with Gasteiger partial charge >= 0.3 is 0 Å². The highest BCUT2D eigenvalue weighted by molar-refractivity contribution is 6.03. The van der Waals surface area contributed by atoms with E-state index in [0.717, 1.165) is 11.1 Å². The Morgan fingerprint density at radius 3 is 2.20 bits per heavy atom. The number of benzene rings is 3. The van der Waals surface area contributed by atoms with E-state index in [2.05, 4.69) is 26.1 Å². The molecular weight excluding hydrogens is 518 g/mol. The van der Waals surface area contributed by atoms with Crippen LogP contribution in [0.25, 0.3) is 0 Å². The number of nitrogens with one attached hydrogen (secondary N) is 1. The summed E-state index contributed by atoms with van der Waals surface area (Å²) in [6.07, 6.45) is 0.661. The molecule has 2 fully saturated rings. The summed E-state index contributed by atoms with van der Waals surface area (Å²) in [5.74, 6) is -1.07. The third kappa shape index (κ3) is 5.87. The number of ketones is 1. The van der Waals surface area contributed by atoms with E-state index < -0.39 is 24.0 Å². The summed E-state index contributed by atoms with van der Waals surface area (Å²) in [4.78, 5) is 56.8. The first kappa shape index (κ1) is 28.1. The predicted molar refractivity (Wildman–Crippen MR) is 155 cm³/mol. The second kappa shape index (κ2) is 11.2.